The van der Waals surface area contributed by atoms with Gasteiger partial charge in [-0.15, -0.1) is 0 Å². The molecule has 0 bridgehead atoms. The minimum Gasteiger partial charge on any atom is -0.466 e. The molecule has 80 valence electrons. The van der Waals surface area contributed by atoms with E-state index in [9.17, 15) is 0 Å². The Morgan fingerprint density at radius 3 is 2.71 bits per heavy atom. The van der Waals surface area contributed by atoms with E-state index in [4.69, 9.17) is 9.52 Å². The standard InChI is InChI=1S/C11H19NO2/c1-8(13)4-5-12-7-11-6-9(2)14-10(11)3/h6,8,12-13H,4-5,7H2,1-3H3. The summed E-state index contributed by atoms with van der Waals surface area (Å²) in [5, 5.41) is 12.3. The highest BCUT2D eigenvalue weighted by molar-refractivity contribution is 5.19. The van der Waals surface area contributed by atoms with Crippen LogP contribution in [0.15, 0.2) is 10.5 Å². The van der Waals surface area contributed by atoms with Gasteiger partial charge >= 0.3 is 0 Å². The van der Waals surface area contributed by atoms with Crippen molar-refractivity contribution in [2.75, 3.05) is 6.54 Å². The highest BCUT2D eigenvalue weighted by Gasteiger charge is 2.03. The number of aliphatic hydroxyl groups is 1. The molecule has 0 aliphatic rings. The van der Waals surface area contributed by atoms with Crippen LogP contribution >= 0.6 is 0 Å². The maximum absolute atomic E-state index is 9.05. The second-order valence-electron chi connectivity index (χ2n) is 3.75. The van der Waals surface area contributed by atoms with Gasteiger partial charge in [-0.3, -0.25) is 0 Å². The highest BCUT2D eigenvalue weighted by Crippen LogP contribution is 2.12. The van der Waals surface area contributed by atoms with Crippen molar-refractivity contribution in [2.24, 2.45) is 0 Å². The topological polar surface area (TPSA) is 45.4 Å². The van der Waals surface area contributed by atoms with Crippen LogP contribution in [0.1, 0.15) is 30.4 Å². The Morgan fingerprint density at radius 1 is 1.50 bits per heavy atom. The Balaban J connectivity index is 2.28. The zero-order chi connectivity index (χ0) is 10.6. The van der Waals surface area contributed by atoms with E-state index in [0.717, 1.165) is 31.0 Å². The number of aryl methyl sites for hydroxylation is 2. The van der Waals surface area contributed by atoms with Crippen LogP contribution < -0.4 is 5.32 Å². The molecule has 0 saturated carbocycles. The Labute approximate surface area is 85.1 Å². The Kier molecular flexibility index (Phi) is 4.17. The summed E-state index contributed by atoms with van der Waals surface area (Å²) in [4.78, 5) is 0. The molecule has 0 saturated heterocycles. The van der Waals surface area contributed by atoms with Gasteiger partial charge in [0.25, 0.3) is 0 Å². The molecule has 3 nitrogen and oxygen atoms in total. The summed E-state index contributed by atoms with van der Waals surface area (Å²) in [5.41, 5.74) is 1.20. The van der Waals surface area contributed by atoms with Gasteiger partial charge in [0, 0.05) is 12.1 Å². The van der Waals surface area contributed by atoms with Crippen molar-refractivity contribution in [1.82, 2.24) is 5.32 Å². The van der Waals surface area contributed by atoms with Gasteiger partial charge in [-0.25, -0.2) is 0 Å². The van der Waals surface area contributed by atoms with Crippen LogP contribution in [-0.2, 0) is 6.54 Å². The molecule has 0 radical (unpaired) electrons. The van der Waals surface area contributed by atoms with Crippen molar-refractivity contribution in [2.45, 2.75) is 39.8 Å². The van der Waals surface area contributed by atoms with E-state index < -0.39 is 0 Å². The fraction of sp³-hybridized carbons (Fsp3) is 0.636. The van der Waals surface area contributed by atoms with E-state index in [1.807, 2.05) is 19.9 Å². The van der Waals surface area contributed by atoms with Gasteiger partial charge < -0.3 is 14.8 Å². The van der Waals surface area contributed by atoms with Crippen molar-refractivity contribution in [3.05, 3.63) is 23.2 Å². The SMILES string of the molecule is Cc1cc(CNCCC(C)O)c(C)o1. The monoisotopic (exact) mass is 197 g/mol. The molecule has 0 fully saturated rings. The molecule has 0 aliphatic heterocycles. The fourth-order valence-corrected chi connectivity index (χ4v) is 1.39. The predicted octanol–water partition coefficient (Wildman–Crippen LogP) is 1.76. The third kappa shape index (κ3) is 3.52. The second-order valence-corrected chi connectivity index (χ2v) is 3.75. The van der Waals surface area contributed by atoms with Crippen molar-refractivity contribution in [3.8, 4) is 0 Å². The number of furan rings is 1. The molecular weight excluding hydrogens is 178 g/mol. The molecule has 14 heavy (non-hydrogen) atoms. The molecule has 0 aromatic carbocycles. The summed E-state index contributed by atoms with van der Waals surface area (Å²) in [6.07, 6.45) is 0.560. The first kappa shape index (κ1) is 11.3. The number of aliphatic hydroxyl groups excluding tert-OH is 1. The lowest BCUT2D eigenvalue weighted by atomic mass is 10.2. The lowest BCUT2D eigenvalue weighted by Gasteiger charge is -2.05. The summed E-state index contributed by atoms with van der Waals surface area (Å²) < 4.78 is 5.40. The summed E-state index contributed by atoms with van der Waals surface area (Å²) in [6, 6.07) is 2.05. The molecular formula is C11H19NO2. The molecule has 0 aliphatic carbocycles. The van der Waals surface area contributed by atoms with Crippen LogP contribution in [0.25, 0.3) is 0 Å². The van der Waals surface area contributed by atoms with Gasteiger partial charge in [0.2, 0.25) is 0 Å². The minimum absolute atomic E-state index is 0.227. The Morgan fingerprint density at radius 2 is 2.21 bits per heavy atom. The first-order valence-corrected chi connectivity index (χ1v) is 5.04. The number of rotatable bonds is 5. The van der Waals surface area contributed by atoms with Crippen LogP contribution in [0.3, 0.4) is 0 Å². The van der Waals surface area contributed by atoms with E-state index >= 15 is 0 Å². The molecule has 1 heterocycles. The summed E-state index contributed by atoms with van der Waals surface area (Å²) in [6.45, 7) is 7.37. The lowest BCUT2D eigenvalue weighted by Crippen LogP contribution is -2.18. The van der Waals surface area contributed by atoms with Crippen LogP contribution in [0.4, 0.5) is 0 Å². The summed E-state index contributed by atoms with van der Waals surface area (Å²) in [7, 11) is 0. The predicted molar refractivity (Wildman–Crippen MR) is 56.2 cm³/mol. The summed E-state index contributed by atoms with van der Waals surface area (Å²) >= 11 is 0. The first-order chi connectivity index (χ1) is 6.59. The van der Waals surface area contributed by atoms with E-state index in [1.54, 1.807) is 6.92 Å². The molecule has 2 N–H and O–H groups in total. The number of hydrogen-bond donors (Lipinski definition) is 2. The zero-order valence-corrected chi connectivity index (χ0v) is 9.13. The van der Waals surface area contributed by atoms with E-state index in [-0.39, 0.29) is 6.10 Å². The minimum atomic E-state index is -0.227. The third-order valence-corrected chi connectivity index (χ3v) is 2.20. The molecule has 1 aromatic rings. The largest absolute Gasteiger partial charge is 0.466 e. The smallest absolute Gasteiger partial charge is 0.105 e. The van der Waals surface area contributed by atoms with Gasteiger partial charge in [-0.1, -0.05) is 0 Å². The average molecular weight is 197 g/mol. The van der Waals surface area contributed by atoms with E-state index in [2.05, 4.69) is 5.32 Å². The first-order valence-electron chi connectivity index (χ1n) is 5.04. The normalized spacial score (nSPS) is 13.1. The molecule has 1 unspecified atom stereocenters. The molecule has 0 spiro atoms. The Hall–Kier alpha value is -0.800. The third-order valence-electron chi connectivity index (χ3n) is 2.20. The van der Waals surface area contributed by atoms with Crippen molar-refractivity contribution in [1.29, 1.82) is 0 Å². The molecule has 1 aromatic heterocycles. The molecule has 1 rings (SSSR count). The van der Waals surface area contributed by atoms with E-state index in [1.165, 1.54) is 5.56 Å². The number of hydrogen-bond acceptors (Lipinski definition) is 3. The molecule has 0 amide bonds. The van der Waals surface area contributed by atoms with Crippen LogP contribution in [0, 0.1) is 13.8 Å². The summed E-state index contributed by atoms with van der Waals surface area (Å²) in [5.74, 6) is 1.93. The van der Waals surface area contributed by atoms with Crippen molar-refractivity contribution >= 4 is 0 Å². The highest BCUT2D eigenvalue weighted by atomic mass is 16.3. The fourth-order valence-electron chi connectivity index (χ4n) is 1.39. The van der Waals surface area contributed by atoms with Gasteiger partial charge in [0.15, 0.2) is 0 Å². The van der Waals surface area contributed by atoms with Gasteiger partial charge in [0.1, 0.15) is 11.5 Å². The lowest BCUT2D eigenvalue weighted by molar-refractivity contribution is 0.183. The maximum atomic E-state index is 9.05. The second kappa shape index (κ2) is 5.17. The van der Waals surface area contributed by atoms with Gasteiger partial charge in [-0.2, -0.15) is 0 Å². The van der Waals surface area contributed by atoms with Crippen LogP contribution in [0.2, 0.25) is 0 Å². The number of nitrogens with one attached hydrogen (secondary N) is 1. The average Bonchev–Trinajstić information content (AvgIpc) is 2.39. The van der Waals surface area contributed by atoms with E-state index in [0.29, 0.717) is 0 Å². The zero-order valence-electron chi connectivity index (χ0n) is 9.13. The van der Waals surface area contributed by atoms with Crippen molar-refractivity contribution in [3.63, 3.8) is 0 Å². The maximum Gasteiger partial charge on any atom is 0.105 e. The van der Waals surface area contributed by atoms with Crippen molar-refractivity contribution < 1.29 is 9.52 Å². The van der Waals surface area contributed by atoms with Crippen LogP contribution in [0.5, 0.6) is 0 Å². The molecule has 3 heteroatoms. The quantitative estimate of drug-likeness (QED) is 0.707. The Bertz CT molecular complexity index is 279. The van der Waals surface area contributed by atoms with Gasteiger partial charge in [-0.05, 0) is 39.8 Å². The van der Waals surface area contributed by atoms with Gasteiger partial charge in [0.05, 0.1) is 6.10 Å². The van der Waals surface area contributed by atoms with Crippen LogP contribution in [-0.4, -0.2) is 17.8 Å². The molecule has 1 atom stereocenters.